The fourth-order valence-corrected chi connectivity index (χ4v) is 4.30. The van der Waals surface area contributed by atoms with Crippen LogP contribution in [0.25, 0.3) is 0 Å². The van der Waals surface area contributed by atoms with Gasteiger partial charge in [-0.2, -0.15) is 0 Å². The molecule has 1 N–H and O–H groups in total. The predicted molar refractivity (Wildman–Crippen MR) is 72.2 cm³/mol. The van der Waals surface area contributed by atoms with E-state index in [2.05, 4.69) is 27.5 Å². The van der Waals surface area contributed by atoms with Gasteiger partial charge in [0.25, 0.3) is 0 Å². The van der Waals surface area contributed by atoms with E-state index in [1.807, 2.05) is 6.07 Å². The Kier molecular flexibility index (Phi) is 4.97. The van der Waals surface area contributed by atoms with E-state index in [-0.39, 0.29) is 5.33 Å². The summed E-state index contributed by atoms with van der Waals surface area (Å²) in [6, 6.07) is 8.75. The molecule has 2 atom stereocenters. The molecule has 0 spiro atoms. The minimum absolute atomic E-state index is 0.0871. The number of hydrogen-bond donors (Lipinski definition) is 1. The summed E-state index contributed by atoms with van der Waals surface area (Å²) < 4.78 is 17.6. The molecule has 0 saturated carbocycles. The lowest BCUT2D eigenvalue weighted by Gasteiger charge is -2.30. The molecule has 1 rings (SSSR count). The number of benzene rings is 1. The molecule has 5 heteroatoms. The second kappa shape index (κ2) is 5.84. The number of aliphatic hydroxyl groups is 1. The molecule has 0 aliphatic carbocycles. The highest BCUT2D eigenvalue weighted by molar-refractivity contribution is 9.09. The topological polar surface area (TPSA) is 46.5 Å². The van der Waals surface area contributed by atoms with Gasteiger partial charge in [0.1, 0.15) is 0 Å². The molecule has 0 bridgehead atoms. The molecule has 0 radical (unpaired) electrons. The second-order valence-electron chi connectivity index (χ2n) is 3.41. The molecule has 0 aliphatic rings. The number of rotatable bonds is 4. The lowest BCUT2D eigenvalue weighted by atomic mass is 10.1. The Balaban J connectivity index is 3.38. The van der Waals surface area contributed by atoms with Crippen molar-refractivity contribution in [2.24, 2.45) is 0 Å². The zero-order valence-corrected chi connectivity index (χ0v) is 12.2. The number of alkyl halides is 1. The molecule has 0 heterocycles. The maximum absolute atomic E-state index is 12.6. The van der Waals surface area contributed by atoms with Crippen molar-refractivity contribution < 1.29 is 14.2 Å². The fraction of sp³-hybridized carbons (Fsp3) is 0.333. The predicted octanol–water partition coefficient (Wildman–Crippen LogP) is 3.13. The van der Waals surface area contributed by atoms with Gasteiger partial charge in [0.05, 0.1) is 0 Å². The first kappa shape index (κ1) is 14.5. The van der Waals surface area contributed by atoms with Crippen LogP contribution in [0.1, 0.15) is 12.5 Å². The Morgan fingerprint density at radius 3 is 2.47 bits per heavy atom. The van der Waals surface area contributed by atoms with E-state index in [0.29, 0.717) is 5.56 Å². The molecule has 1 aromatic carbocycles. The van der Waals surface area contributed by atoms with Crippen LogP contribution < -0.4 is 0 Å². The third-order valence-electron chi connectivity index (χ3n) is 2.43. The molecule has 0 saturated heterocycles. The molecular weight excluding hydrogens is 303 g/mol. The molecule has 0 aliphatic heterocycles. The van der Waals surface area contributed by atoms with Gasteiger partial charge >= 0.3 is 7.37 Å². The monoisotopic (exact) mass is 316 g/mol. The third kappa shape index (κ3) is 2.64. The summed E-state index contributed by atoms with van der Waals surface area (Å²) in [7, 11) is -2.20. The summed E-state index contributed by atoms with van der Waals surface area (Å²) in [6.07, 6.45) is 0. The normalized spacial score (nSPS) is 17.4. The van der Waals surface area contributed by atoms with E-state index < -0.39 is 12.7 Å². The maximum Gasteiger partial charge on any atom is 0.309 e. The second-order valence-corrected chi connectivity index (χ2v) is 6.40. The molecular formula is C12H14BrO3P. The van der Waals surface area contributed by atoms with Crippen LogP contribution in [0.2, 0.25) is 0 Å². The van der Waals surface area contributed by atoms with Gasteiger partial charge in [-0.05, 0) is 18.1 Å². The summed E-state index contributed by atoms with van der Waals surface area (Å²) in [5, 5.41) is 9.06. The van der Waals surface area contributed by atoms with Gasteiger partial charge in [-0.3, -0.25) is 4.57 Å². The highest BCUT2D eigenvalue weighted by Crippen LogP contribution is 2.62. The number of hydrogen-bond acceptors (Lipinski definition) is 3. The Morgan fingerprint density at radius 2 is 2.06 bits per heavy atom. The van der Waals surface area contributed by atoms with E-state index in [4.69, 9.17) is 4.52 Å². The van der Waals surface area contributed by atoms with E-state index in [0.717, 1.165) is 0 Å². The molecule has 3 nitrogen and oxygen atoms in total. The van der Waals surface area contributed by atoms with Crippen LogP contribution in [0.3, 0.4) is 0 Å². The number of halogens is 1. The van der Waals surface area contributed by atoms with Crippen molar-refractivity contribution in [1.29, 1.82) is 0 Å². The highest BCUT2D eigenvalue weighted by Gasteiger charge is 2.47. The maximum atomic E-state index is 12.6. The molecule has 0 fully saturated rings. The molecule has 17 heavy (non-hydrogen) atoms. The van der Waals surface area contributed by atoms with Gasteiger partial charge in [-0.25, -0.2) is 0 Å². The van der Waals surface area contributed by atoms with Crippen molar-refractivity contribution in [3.05, 3.63) is 35.9 Å². The van der Waals surface area contributed by atoms with Crippen LogP contribution in [0, 0.1) is 11.6 Å². The smallest absolute Gasteiger partial charge is 0.309 e. The Labute approximate surface area is 110 Å². The first-order valence-electron chi connectivity index (χ1n) is 4.98. The third-order valence-corrected chi connectivity index (χ3v) is 6.09. The lowest BCUT2D eigenvalue weighted by molar-refractivity contribution is 0.132. The summed E-state index contributed by atoms with van der Waals surface area (Å²) in [6.45, 7) is 1.56. The summed E-state index contributed by atoms with van der Waals surface area (Å²) in [5.74, 6) is 2.55. The van der Waals surface area contributed by atoms with Crippen molar-refractivity contribution in [3.63, 3.8) is 0 Å². The van der Waals surface area contributed by atoms with Gasteiger partial charge in [-0.1, -0.05) is 52.2 Å². The largest absolute Gasteiger partial charge is 0.374 e. The Hall–Kier alpha value is -0.590. The van der Waals surface area contributed by atoms with Crippen LogP contribution in [0.4, 0.5) is 0 Å². The fourth-order valence-electron chi connectivity index (χ4n) is 1.47. The summed E-state index contributed by atoms with van der Waals surface area (Å²) >= 11 is 3.19. The van der Waals surface area contributed by atoms with Crippen LogP contribution in [0.15, 0.2) is 30.3 Å². The summed E-state index contributed by atoms with van der Waals surface area (Å²) in [5.41, 5.74) is 3.02. The average Bonchev–Trinajstić information content (AvgIpc) is 2.38. The van der Waals surface area contributed by atoms with Crippen molar-refractivity contribution in [3.8, 4) is 11.6 Å². The van der Waals surface area contributed by atoms with Crippen molar-refractivity contribution in [2.45, 2.75) is 12.3 Å². The van der Waals surface area contributed by atoms with Crippen molar-refractivity contribution >= 4 is 23.3 Å². The van der Waals surface area contributed by atoms with E-state index >= 15 is 0 Å². The van der Waals surface area contributed by atoms with Crippen LogP contribution >= 0.6 is 23.3 Å². The minimum atomic E-state index is -3.50. The van der Waals surface area contributed by atoms with E-state index in [1.165, 1.54) is 7.11 Å². The van der Waals surface area contributed by atoms with E-state index in [9.17, 15) is 9.67 Å². The van der Waals surface area contributed by atoms with Gasteiger partial charge < -0.3 is 9.63 Å². The SMILES string of the molecule is CC#C[P@](=O)(OC)[C@](O)(CBr)c1ccccc1. The van der Waals surface area contributed by atoms with Crippen LogP contribution in [-0.4, -0.2) is 17.5 Å². The standard InChI is InChI=1S/C12H14BrO3P/c1-3-9-17(15,16-2)12(14,10-13)11-7-5-4-6-8-11/h4-8,14H,10H2,1-2H3/t12-,17+/m1/s1. The Bertz CT molecular complexity index is 478. The van der Waals surface area contributed by atoms with Gasteiger partial charge in [0.2, 0.25) is 0 Å². The van der Waals surface area contributed by atoms with E-state index in [1.54, 1.807) is 31.2 Å². The first-order chi connectivity index (χ1) is 8.04. The average molecular weight is 317 g/mol. The van der Waals surface area contributed by atoms with Gasteiger partial charge in [0.15, 0.2) is 5.34 Å². The zero-order chi connectivity index (χ0) is 12.9. The lowest BCUT2D eigenvalue weighted by Crippen LogP contribution is -2.27. The first-order valence-corrected chi connectivity index (χ1v) is 7.72. The zero-order valence-electron chi connectivity index (χ0n) is 9.68. The van der Waals surface area contributed by atoms with Crippen molar-refractivity contribution in [2.75, 3.05) is 12.4 Å². The molecule has 0 aromatic heterocycles. The quantitative estimate of drug-likeness (QED) is 0.527. The van der Waals surface area contributed by atoms with Gasteiger partial charge in [-0.15, -0.1) is 0 Å². The molecule has 0 unspecified atom stereocenters. The summed E-state index contributed by atoms with van der Waals surface area (Å²) in [4.78, 5) is 0. The highest BCUT2D eigenvalue weighted by atomic mass is 79.9. The molecule has 92 valence electrons. The van der Waals surface area contributed by atoms with Gasteiger partial charge in [0, 0.05) is 12.4 Å². The molecule has 0 amide bonds. The Morgan fingerprint density at radius 1 is 1.47 bits per heavy atom. The van der Waals surface area contributed by atoms with Crippen LogP contribution in [0.5, 0.6) is 0 Å². The van der Waals surface area contributed by atoms with Crippen LogP contribution in [-0.2, 0) is 14.4 Å². The minimum Gasteiger partial charge on any atom is -0.374 e. The molecule has 1 aromatic rings. The van der Waals surface area contributed by atoms with Crippen molar-refractivity contribution in [1.82, 2.24) is 0 Å².